The van der Waals surface area contributed by atoms with Crippen molar-refractivity contribution in [1.82, 2.24) is 0 Å². The fourth-order valence-corrected chi connectivity index (χ4v) is 7.29. The van der Waals surface area contributed by atoms with E-state index in [0.29, 0.717) is 0 Å². The van der Waals surface area contributed by atoms with Crippen molar-refractivity contribution in [2.75, 3.05) is 0 Å². The molecule has 122 valence electrons. The van der Waals surface area contributed by atoms with Gasteiger partial charge in [0.05, 0.1) is 8.07 Å². The summed E-state index contributed by atoms with van der Waals surface area (Å²) >= 11 is 0. The van der Waals surface area contributed by atoms with Gasteiger partial charge < -0.3 is 0 Å². The van der Waals surface area contributed by atoms with Crippen molar-refractivity contribution in [1.29, 1.82) is 0 Å². The summed E-state index contributed by atoms with van der Waals surface area (Å²) in [5.41, 5.74) is 7.65. The smallest absolute Gasteiger partial charge is 0.0802 e. The summed E-state index contributed by atoms with van der Waals surface area (Å²) in [5, 5.41) is 1.70. The van der Waals surface area contributed by atoms with Crippen LogP contribution in [-0.2, 0) is 12.8 Å². The summed E-state index contributed by atoms with van der Waals surface area (Å²) in [4.78, 5) is 0. The van der Waals surface area contributed by atoms with Crippen LogP contribution in [0.15, 0.2) is 60.2 Å². The minimum Gasteiger partial charge on any atom is -0.0802 e. The molecule has 2 aromatic carbocycles. The van der Waals surface area contributed by atoms with E-state index >= 15 is 0 Å². The lowest BCUT2D eigenvalue weighted by molar-refractivity contribution is 0.873. The number of hydrogen-bond acceptors (Lipinski definition) is 0. The maximum absolute atomic E-state index is 2.55. The molecule has 0 spiro atoms. The summed E-state index contributed by atoms with van der Waals surface area (Å²) in [5.74, 6) is 0. The molecule has 0 fully saturated rings. The molecule has 24 heavy (non-hydrogen) atoms. The first kappa shape index (κ1) is 15.7. The lowest BCUT2D eigenvalue weighted by Gasteiger charge is -2.25. The number of rotatable bonds is 5. The molecule has 0 saturated heterocycles. The molecule has 0 amide bonds. The third kappa shape index (κ3) is 2.93. The van der Waals surface area contributed by atoms with Crippen LogP contribution >= 0.6 is 0 Å². The van der Waals surface area contributed by atoms with Crippen molar-refractivity contribution in [2.24, 2.45) is 0 Å². The van der Waals surface area contributed by atoms with E-state index in [4.69, 9.17) is 0 Å². The molecule has 0 unspecified atom stereocenters. The minimum absolute atomic E-state index is 1.14. The number of allylic oxidation sites excluding steroid dienone is 2. The SMILES string of the molecule is C[Si](C)(CCCC1=Cc2ccccc2C1)C1=CCc2ccccc21. The van der Waals surface area contributed by atoms with Crippen molar-refractivity contribution in [3.63, 3.8) is 0 Å². The van der Waals surface area contributed by atoms with Crippen LogP contribution in [0.25, 0.3) is 11.3 Å². The Morgan fingerprint density at radius 3 is 2.50 bits per heavy atom. The predicted octanol–water partition coefficient (Wildman–Crippen LogP) is 6.29. The summed E-state index contributed by atoms with van der Waals surface area (Å²) in [6.07, 6.45) is 9.85. The summed E-state index contributed by atoms with van der Waals surface area (Å²) in [6.45, 7) is 5.11. The molecular weight excluding hydrogens is 304 g/mol. The van der Waals surface area contributed by atoms with Gasteiger partial charge in [0.25, 0.3) is 0 Å². The fourth-order valence-electron chi connectivity index (χ4n) is 4.33. The Morgan fingerprint density at radius 1 is 0.917 bits per heavy atom. The van der Waals surface area contributed by atoms with Gasteiger partial charge in [-0.15, -0.1) is 0 Å². The Kier molecular flexibility index (Phi) is 4.05. The van der Waals surface area contributed by atoms with Gasteiger partial charge in [0.1, 0.15) is 0 Å². The normalized spacial score (nSPS) is 15.8. The number of fused-ring (bicyclic) bond motifs is 2. The van der Waals surface area contributed by atoms with E-state index in [0.717, 1.165) is 6.42 Å². The molecule has 0 N–H and O–H groups in total. The van der Waals surface area contributed by atoms with Crippen LogP contribution in [0.1, 0.15) is 35.1 Å². The van der Waals surface area contributed by atoms with Crippen LogP contribution in [0, 0.1) is 0 Å². The first-order chi connectivity index (χ1) is 11.6. The zero-order valence-corrected chi connectivity index (χ0v) is 15.8. The highest BCUT2D eigenvalue weighted by Crippen LogP contribution is 2.37. The van der Waals surface area contributed by atoms with Gasteiger partial charge in [-0.2, -0.15) is 0 Å². The lowest BCUT2D eigenvalue weighted by atomic mass is 10.1. The van der Waals surface area contributed by atoms with E-state index in [9.17, 15) is 0 Å². The van der Waals surface area contributed by atoms with Gasteiger partial charge in [0, 0.05) is 0 Å². The van der Waals surface area contributed by atoms with Crippen molar-refractivity contribution in [3.05, 3.63) is 82.4 Å². The van der Waals surface area contributed by atoms with E-state index in [-0.39, 0.29) is 0 Å². The Morgan fingerprint density at radius 2 is 1.67 bits per heavy atom. The lowest BCUT2D eigenvalue weighted by Crippen LogP contribution is -2.27. The van der Waals surface area contributed by atoms with Gasteiger partial charge in [-0.3, -0.25) is 0 Å². The zero-order chi connectivity index (χ0) is 16.6. The van der Waals surface area contributed by atoms with Gasteiger partial charge in [-0.05, 0) is 41.5 Å². The molecule has 0 saturated carbocycles. The largest absolute Gasteiger partial charge is 0.0810 e. The van der Waals surface area contributed by atoms with Gasteiger partial charge in [-0.1, -0.05) is 97.0 Å². The van der Waals surface area contributed by atoms with E-state index < -0.39 is 8.07 Å². The molecule has 1 heteroatoms. The molecule has 4 rings (SSSR count). The third-order valence-corrected chi connectivity index (χ3v) is 9.23. The van der Waals surface area contributed by atoms with Crippen LogP contribution < -0.4 is 0 Å². The molecule has 0 bridgehead atoms. The first-order valence-electron chi connectivity index (χ1n) is 9.20. The monoisotopic (exact) mass is 330 g/mol. The van der Waals surface area contributed by atoms with Crippen LogP contribution in [-0.4, -0.2) is 8.07 Å². The highest BCUT2D eigenvalue weighted by molar-refractivity contribution is 6.94. The van der Waals surface area contributed by atoms with Crippen molar-refractivity contribution in [3.8, 4) is 0 Å². The molecule has 2 aromatic rings. The Labute approximate surface area is 146 Å². The van der Waals surface area contributed by atoms with E-state index in [1.165, 1.54) is 42.0 Å². The molecule has 2 aliphatic rings. The van der Waals surface area contributed by atoms with Crippen LogP contribution in [0.4, 0.5) is 0 Å². The molecule has 0 aliphatic heterocycles. The quantitative estimate of drug-likeness (QED) is 0.565. The first-order valence-corrected chi connectivity index (χ1v) is 12.4. The van der Waals surface area contributed by atoms with Crippen molar-refractivity contribution >= 4 is 19.3 Å². The Balaban J connectivity index is 1.38. The second-order valence-electron chi connectivity index (χ2n) is 7.89. The second-order valence-corrected chi connectivity index (χ2v) is 12.7. The number of benzene rings is 2. The standard InChI is InChI=1S/C23H26Si/c1-24(2,23-14-13-19-9-5-6-12-22(19)23)15-7-8-18-16-20-10-3-4-11-21(20)17-18/h3-6,9-12,14,16H,7-8,13,15,17H2,1-2H3. The minimum atomic E-state index is -1.34. The highest BCUT2D eigenvalue weighted by Gasteiger charge is 2.30. The summed E-state index contributed by atoms with van der Waals surface area (Å²) in [6, 6.07) is 19.2. The zero-order valence-electron chi connectivity index (χ0n) is 14.8. The molecule has 0 radical (unpaired) electrons. The van der Waals surface area contributed by atoms with E-state index in [1.54, 1.807) is 16.3 Å². The maximum Gasteiger partial charge on any atom is 0.0810 e. The molecule has 0 heterocycles. The van der Waals surface area contributed by atoms with Gasteiger partial charge in [0.15, 0.2) is 0 Å². The third-order valence-electron chi connectivity index (χ3n) is 5.69. The van der Waals surface area contributed by atoms with Gasteiger partial charge in [0.2, 0.25) is 0 Å². The summed E-state index contributed by atoms with van der Waals surface area (Å²) < 4.78 is 0. The van der Waals surface area contributed by atoms with Gasteiger partial charge in [-0.25, -0.2) is 0 Å². The van der Waals surface area contributed by atoms with E-state index in [2.05, 4.69) is 73.8 Å². The molecular formula is C23H26Si. The van der Waals surface area contributed by atoms with Crippen LogP contribution in [0.5, 0.6) is 0 Å². The van der Waals surface area contributed by atoms with E-state index in [1.807, 2.05) is 0 Å². The van der Waals surface area contributed by atoms with Crippen molar-refractivity contribution in [2.45, 2.75) is 44.8 Å². The topological polar surface area (TPSA) is 0 Å². The second kappa shape index (κ2) is 6.21. The summed E-state index contributed by atoms with van der Waals surface area (Å²) in [7, 11) is -1.34. The van der Waals surface area contributed by atoms with Crippen LogP contribution in [0.3, 0.4) is 0 Å². The highest BCUT2D eigenvalue weighted by atomic mass is 28.3. The maximum atomic E-state index is 2.55. The van der Waals surface area contributed by atoms with Crippen molar-refractivity contribution < 1.29 is 0 Å². The number of hydrogen-bond donors (Lipinski definition) is 0. The predicted molar refractivity (Wildman–Crippen MR) is 108 cm³/mol. The molecule has 0 atom stereocenters. The molecule has 2 aliphatic carbocycles. The fraction of sp³-hybridized carbons (Fsp3) is 0.304. The van der Waals surface area contributed by atoms with Gasteiger partial charge >= 0.3 is 0 Å². The average molecular weight is 331 g/mol. The Hall–Kier alpha value is -1.86. The average Bonchev–Trinajstić information content (AvgIpc) is 3.18. The molecule has 0 aromatic heterocycles. The Bertz CT molecular complexity index is 823. The van der Waals surface area contributed by atoms with Crippen LogP contribution in [0.2, 0.25) is 19.1 Å². The molecule has 0 nitrogen and oxygen atoms in total.